The topological polar surface area (TPSA) is 46.8 Å². The number of aromatic nitrogens is 4. The Morgan fingerprint density at radius 2 is 0.600 bits per heavy atom. The first kappa shape index (κ1) is 91.3. The van der Waals surface area contributed by atoms with Gasteiger partial charge in [-0.25, -0.2) is 15.0 Å². The Morgan fingerprint density at radius 3 is 1.24 bits per heavy atom. The molecular weight excluding hydrogens is 1890 g/mol. The van der Waals surface area contributed by atoms with Crippen LogP contribution in [0.2, 0.25) is 0 Å². The molecule has 0 aliphatic heterocycles. The van der Waals surface area contributed by atoms with Gasteiger partial charge in [-0.2, -0.15) is 0 Å². The Bertz CT molecular complexity index is 10200. The molecule has 0 bridgehead atoms. The van der Waals surface area contributed by atoms with Crippen LogP contribution in [0.5, 0.6) is 0 Å². The van der Waals surface area contributed by atoms with Crippen LogP contribution in [0.4, 0.5) is 17.1 Å². The van der Waals surface area contributed by atoms with E-state index in [0.29, 0.717) is 17.5 Å². The number of rotatable bonds is 9. The van der Waals surface area contributed by atoms with Crippen LogP contribution < -0.4 is 4.90 Å². The molecule has 0 amide bonds. The standard InChI is InChI=1S/C49H37N3S.C46H35NS2.C46H35NS/c1-48(2)39-27-26-38-42-36-18-12-11-13-31(36)24-28-41(42)53-44(38)43(39)37-25-23-35(29-40(37)49(48,3)4)30-19-21-34(22-20-30)47-51-45(32-14-7-5-8-15-32)50-46(52-47)33-16-9-6-10-17-33;1-45(2)38-21-18-28-12-8-9-15-32(28)44(38)37-27-43-36(26-39(37)46(45,3)4)35-25-31(20-23-42(35)49-43)47(29-13-6-5-7-14-29)30-19-22-41-34(24-30)33-16-10-11-17-40(33)48-41;1-45(2)37-22-19-31(28-17-20-32(21-18-28)47-39-15-9-7-13-33(39)34-14-8-10-16-40(34)47)25-35(37)43-38(46(45,3)4)23-24-41-44(43)36-26-29-11-5-6-12-30(29)27-42(36)48-41/h5-29H,1-4H3;5-27H,1-4H3;5-27H,1-4H3. The van der Waals surface area contributed by atoms with Crippen LogP contribution in [0.25, 0.3) is 230 Å². The van der Waals surface area contributed by atoms with Crippen molar-refractivity contribution in [2.45, 2.75) is 116 Å². The van der Waals surface area contributed by atoms with Crippen molar-refractivity contribution in [2.75, 3.05) is 4.90 Å². The Labute approximate surface area is 889 Å². The van der Waals surface area contributed by atoms with Crippen molar-refractivity contribution >= 4 is 197 Å². The summed E-state index contributed by atoms with van der Waals surface area (Å²) < 4.78 is 13.2. The third-order valence-corrected chi connectivity index (χ3v) is 39.8. The molecule has 0 spiro atoms. The molecule has 0 saturated heterocycles. The van der Waals surface area contributed by atoms with Gasteiger partial charge in [0.15, 0.2) is 17.5 Å². The molecule has 0 atom stereocenters. The molecule has 27 aromatic rings. The summed E-state index contributed by atoms with van der Waals surface area (Å²) in [4.78, 5) is 17.2. The fraction of sp³-hybridized carbons (Fsp3) is 0.128. The average molecular weight is 2000 g/mol. The summed E-state index contributed by atoms with van der Waals surface area (Å²) in [7, 11) is 0. The highest BCUT2D eigenvalue weighted by atomic mass is 32.1. The summed E-state index contributed by atoms with van der Waals surface area (Å²) >= 11 is 7.64. The van der Waals surface area contributed by atoms with Crippen LogP contribution in [-0.4, -0.2) is 19.5 Å². The van der Waals surface area contributed by atoms with Gasteiger partial charge in [0.05, 0.1) is 11.0 Å². The summed E-state index contributed by atoms with van der Waals surface area (Å²) in [6.07, 6.45) is 0. The molecule has 0 fully saturated rings. The number of benzene rings is 21. The first-order valence-corrected chi connectivity index (χ1v) is 55.6. The van der Waals surface area contributed by atoms with Crippen LogP contribution >= 0.6 is 45.3 Å². The fourth-order valence-corrected chi connectivity index (χ4v) is 29.7. The smallest absolute Gasteiger partial charge is 0.164 e. The Hall–Kier alpha value is -16.1. The second-order valence-electron chi connectivity index (χ2n) is 44.4. The summed E-state index contributed by atoms with van der Waals surface area (Å²) in [5.41, 5.74) is 31.4. The first-order chi connectivity index (χ1) is 72.9. The molecule has 0 N–H and O–H groups in total. The number of hydrogen-bond acceptors (Lipinski definition) is 8. The van der Waals surface area contributed by atoms with Gasteiger partial charge in [-0.1, -0.05) is 386 Å². The number of anilines is 3. The van der Waals surface area contributed by atoms with E-state index in [1.165, 1.54) is 241 Å². The molecular formula is C141H107N5S4. The molecule has 5 nitrogen and oxygen atoms in total. The van der Waals surface area contributed by atoms with E-state index in [0.717, 1.165) is 22.4 Å². The molecule has 6 heterocycles. The van der Waals surface area contributed by atoms with Crippen LogP contribution in [0.15, 0.2) is 431 Å². The quantitative estimate of drug-likeness (QED) is 0.144. The Kier molecular flexibility index (Phi) is 20.8. The van der Waals surface area contributed by atoms with Crippen LogP contribution in [0, 0.1) is 0 Å². The maximum atomic E-state index is 4.95. The Morgan fingerprint density at radius 1 is 0.200 bits per heavy atom. The molecule has 9 heteroatoms. The summed E-state index contributed by atoms with van der Waals surface area (Å²) in [6.45, 7) is 29.2. The van der Waals surface area contributed by atoms with Gasteiger partial charge in [0.1, 0.15) is 0 Å². The number of thiophene rings is 4. The van der Waals surface area contributed by atoms with Gasteiger partial charge in [-0.3, -0.25) is 0 Å². The van der Waals surface area contributed by atoms with Crippen molar-refractivity contribution < 1.29 is 0 Å². The maximum absolute atomic E-state index is 4.95. The SMILES string of the molecule is CC1(C)c2cc(-c3ccc(-c4nc(-c5ccccc5)nc(-c5ccccc5)n4)cc3)ccc2-c2c(ccc3c2sc2ccc4ccccc4c23)C1(C)C.CC1(C)c2cc3c(cc2-c2c(ccc4ccccc24)C1(C)C)sc1ccc(N(c2ccccc2)c2ccc4sc5ccccc5c4c2)cc13.CC1(C)c2ccc(-c3ccc(-n4c5ccccc5c5ccccc54)cc3)cc2-c2c(ccc3sc4cc5ccccc5cc4c23)C1(C)C. The van der Waals surface area contributed by atoms with Gasteiger partial charge in [0, 0.05) is 136 Å². The van der Waals surface area contributed by atoms with Gasteiger partial charge >= 0.3 is 0 Å². The summed E-state index contributed by atoms with van der Waals surface area (Å²) in [6, 6.07) is 159. The van der Waals surface area contributed by atoms with Crippen molar-refractivity contribution in [3.05, 3.63) is 464 Å². The second kappa shape index (κ2) is 34.2. The van der Waals surface area contributed by atoms with Crippen molar-refractivity contribution in [3.8, 4) is 95.5 Å². The van der Waals surface area contributed by atoms with E-state index < -0.39 is 0 Å². The number of fused-ring (bicyclic) bond motifs is 31. The highest BCUT2D eigenvalue weighted by Gasteiger charge is 2.50. The van der Waals surface area contributed by atoms with Gasteiger partial charge in [0.25, 0.3) is 0 Å². The third-order valence-electron chi connectivity index (χ3n) is 35.2. The highest BCUT2D eigenvalue weighted by molar-refractivity contribution is 7.27. The van der Waals surface area contributed by atoms with Crippen molar-refractivity contribution in [3.63, 3.8) is 0 Å². The largest absolute Gasteiger partial charge is 0.310 e. The molecule has 150 heavy (non-hydrogen) atoms. The monoisotopic (exact) mass is 2000 g/mol. The molecule has 720 valence electrons. The van der Waals surface area contributed by atoms with E-state index in [4.69, 9.17) is 15.0 Å². The maximum Gasteiger partial charge on any atom is 0.164 e. The summed E-state index contributed by atoms with van der Waals surface area (Å²) in [5, 5.41) is 21.3. The highest BCUT2D eigenvalue weighted by Crippen LogP contribution is 2.63. The van der Waals surface area contributed by atoms with E-state index >= 15 is 0 Å². The van der Waals surface area contributed by atoms with Gasteiger partial charge in [-0.15, -0.1) is 45.3 Å². The third kappa shape index (κ3) is 14.1. The number of hydrogen-bond donors (Lipinski definition) is 0. The minimum Gasteiger partial charge on any atom is -0.310 e. The molecule has 21 aromatic carbocycles. The van der Waals surface area contributed by atoms with Crippen LogP contribution in [0.1, 0.15) is 116 Å². The lowest BCUT2D eigenvalue weighted by atomic mass is 9.55. The minimum atomic E-state index is -0.102. The van der Waals surface area contributed by atoms with Gasteiger partial charge in [-0.05, 0) is 276 Å². The van der Waals surface area contributed by atoms with Crippen molar-refractivity contribution in [1.82, 2.24) is 19.5 Å². The van der Waals surface area contributed by atoms with Crippen LogP contribution in [0.3, 0.4) is 0 Å². The van der Waals surface area contributed by atoms with E-state index in [1.807, 2.05) is 106 Å². The molecule has 3 aliphatic rings. The average Bonchev–Trinajstić information content (AvgIpc) is 1.20. The van der Waals surface area contributed by atoms with Crippen molar-refractivity contribution in [2.24, 2.45) is 0 Å². The fourth-order valence-electron chi connectivity index (χ4n) is 25.1. The van der Waals surface area contributed by atoms with Crippen LogP contribution in [-0.2, 0) is 32.5 Å². The lowest BCUT2D eigenvalue weighted by molar-refractivity contribution is 0.299. The normalized spacial score (nSPS) is 14.7. The van der Waals surface area contributed by atoms with E-state index in [9.17, 15) is 0 Å². The number of nitrogens with zero attached hydrogens (tertiary/aromatic N) is 5. The summed E-state index contributed by atoms with van der Waals surface area (Å²) in [5.74, 6) is 1.99. The molecule has 6 aromatic heterocycles. The van der Waals surface area contributed by atoms with Gasteiger partial charge in [0.2, 0.25) is 0 Å². The van der Waals surface area contributed by atoms with E-state index in [-0.39, 0.29) is 32.5 Å². The molecule has 0 unspecified atom stereocenters. The van der Waals surface area contributed by atoms with E-state index in [1.54, 1.807) is 0 Å². The minimum absolute atomic E-state index is 0.0412. The lowest BCUT2D eigenvalue weighted by Gasteiger charge is -2.48. The zero-order valence-corrected chi connectivity index (χ0v) is 89.1. The van der Waals surface area contributed by atoms with Crippen molar-refractivity contribution in [1.29, 1.82) is 0 Å². The van der Waals surface area contributed by atoms with Gasteiger partial charge < -0.3 is 9.47 Å². The molecule has 30 rings (SSSR count). The zero-order valence-electron chi connectivity index (χ0n) is 85.9. The molecule has 3 aliphatic carbocycles. The molecule has 0 radical (unpaired) electrons. The molecule has 0 saturated carbocycles. The Balaban J connectivity index is 0.000000108. The predicted molar refractivity (Wildman–Crippen MR) is 647 cm³/mol. The van der Waals surface area contributed by atoms with E-state index in [2.05, 4.69) is 463 Å². The predicted octanol–water partition coefficient (Wildman–Crippen LogP) is 40.8. The second-order valence-corrected chi connectivity index (χ2v) is 48.7. The first-order valence-electron chi connectivity index (χ1n) is 52.3. The number of para-hydroxylation sites is 3. The lowest BCUT2D eigenvalue weighted by Crippen LogP contribution is -2.43. The zero-order chi connectivity index (χ0) is 101.